The first-order valence-corrected chi connectivity index (χ1v) is 8.12. The number of carbonyl (C=O) groups is 2. The van der Waals surface area contributed by atoms with E-state index in [9.17, 15) is 9.59 Å². The molecule has 1 saturated heterocycles. The van der Waals surface area contributed by atoms with Crippen molar-refractivity contribution < 1.29 is 9.59 Å². The molecule has 0 spiro atoms. The van der Waals surface area contributed by atoms with Gasteiger partial charge in [-0.2, -0.15) is 0 Å². The highest BCUT2D eigenvalue weighted by Gasteiger charge is 2.31. The van der Waals surface area contributed by atoms with Crippen LogP contribution in [0.5, 0.6) is 0 Å². The monoisotopic (exact) mass is 335 g/mol. The summed E-state index contributed by atoms with van der Waals surface area (Å²) < 4.78 is 0. The maximum Gasteiger partial charge on any atom is 0.274 e. The molecule has 7 heteroatoms. The van der Waals surface area contributed by atoms with E-state index in [0.717, 1.165) is 10.6 Å². The van der Waals surface area contributed by atoms with E-state index in [0.29, 0.717) is 23.8 Å². The normalized spacial score (nSPS) is 18.2. The first-order chi connectivity index (χ1) is 10.6. The van der Waals surface area contributed by atoms with Crippen molar-refractivity contribution in [3.63, 3.8) is 0 Å². The van der Waals surface area contributed by atoms with Crippen molar-refractivity contribution in [2.75, 3.05) is 13.1 Å². The minimum atomic E-state index is -0.470. The number of hydrogen-bond donors (Lipinski definition) is 1. The molecule has 1 N–H and O–H groups in total. The molecule has 0 saturated carbocycles. The second-order valence-electron chi connectivity index (χ2n) is 5.01. The molecule has 3 rings (SSSR count). The lowest BCUT2D eigenvalue weighted by Crippen LogP contribution is -2.55. The molecule has 0 aliphatic carbocycles. The Morgan fingerprint density at radius 2 is 2.14 bits per heavy atom. The third-order valence-corrected chi connectivity index (χ3v) is 4.72. The van der Waals surface area contributed by atoms with Gasteiger partial charge in [0.2, 0.25) is 5.91 Å². The van der Waals surface area contributed by atoms with Gasteiger partial charge in [0.25, 0.3) is 5.91 Å². The Morgan fingerprint density at radius 3 is 2.86 bits per heavy atom. The van der Waals surface area contributed by atoms with Gasteiger partial charge in [0.05, 0.1) is 0 Å². The number of thiazole rings is 1. The summed E-state index contributed by atoms with van der Waals surface area (Å²) in [6.07, 6.45) is 0. The summed E-state index contributed by atoms with van der Waals surface area (Å²) in [4.78, 5) is 30.1. The van der Waals surface area contributed by atoms with Gasteiger partial charge in [0, 0.05) is 29.1 Å². The Bertz CT molecular complexity index is 714. The molecular weight excluding hydrogens is 322 g/mol. The highest BCUT2D eigenvalue weighted by molar-refractivity contribution is 7.13. The quantitative estimate of drug-likeness (QED) is 0.916. The molecule has 2 amide bonds. The van der Waals surface area contributed by atoms with Crippen LogP contribution in [-0.2, 0) is 4.79 Å². The van der Waals surface area contributed by atoms with Gasteiger partial charge in [-0.3, -0.25) is 9.59 Å². The van der Waals surface area contributed by atoms with E-state index in [1.165, 1.54) is 11.3 Å². The molecule has 1 aromatic heterocycles. The van der Waals surface area contributed by atoms with Gasteiger partial charge in [0.15, 0.2) is 0 Å². The number of rotatable bonds is 2. The van der Waals surface area contributed by atoms with Crippen molar-refractivity contribution >= 4 is 34.8 Å². The van der Waals surface area contributed by atoms with Crippen molar-refractivity contribution in [2.45, 2.75) is 13.0 Å². The molecular formula is C15H14ClN3O2S. The van der Waals surface area contributed by atoms with E-state index in [1.807, 2.05) is 12.1 Å². The van der Waals surface area contributed by atoms with Crippen molar-refractivity contribution in [3.05, 3.63) is 40.4 Å². The molecule has 114 valence electrons. The molecule has 1 fully saturated rings. The molecule has 1 aliphatic heterocycles. The molecule has 2 aromatic rings. The largest absolute Gasteiger partial charge is 0.353 e. The Balaban J connectivity index is 1.82. The van der Waals surface area contributed by atoms with E-state index < -0.39 is 6.04 Å². The number of nitrogens with zero attached hydrogens (tertiary/aromatic N) is 2. The van der Waals surface area contributed by atoms with Gasteiger partial charge in [-0.05, 0) is 19.1 Å². The molecule has 1 aliphatic rings. The van der Waals surface area contributed by atoms with E-state index >= 15 is 0 Å². The van der Waals surface area contributed by atoms with Crippen LogP contribution in [0.25, 0.3) is 10.6 Å². The molecule has 5 nitrogen and oxygen atoms in total. The molecule has 1 unspecified atom stereocenters. The van der Waals surface area contributed by atoms with Crippen molar-refractivity contribution in [2.24, 2.45) is 0 Å². The fourth-order valence-electron chi connectivity index (χ4n) is 2.30. The minimum Gasteiger partial charge on any atom is -0.353 e. The standard InChI is InChI=1S/C15H14ClN3O2S/c1-9-13(20)17-6-7-19(9)15(21)12-8-22-14(18-12)10-2-4-11(16)5-3-10/h2-5,8-9H,6-7H2,1H3,(H,17,20). The number of benzene rings is 1. The highest BCUT2D eigenvalue weighted by atomic mass is 35.5. The lowest BCUT2D eigenvalue weighted by Gasteiger charge is -2.32. The number of halogens is 1. The van der Waals surface area contributed by atoms with Crippen molar-refractivity contribution in [1.29, 1.82) is 0 Å². The average Bonchev–Trinajstić information content (AvgIpc) is 3.00. The third kappa shape index (κ3) is 2.84. The van der Waals surface area contributed by atoms with Crippen LogP contribution < -0.4 is 5.32 Å². The van der Waals surface area contributed by atoms with Crippen LogP contribution in [0.2, 0.25) is 5.02 Å². The van der Waals surface area contributed by atoms with Gasteiger partial charge < -0.3 is 10.2 Å². The van der Waals surface area contributed by atoms with Gasteiger partial charge in [-0.1, -0.05) is 23.7 Å². The minimum absolute atomic E-state index is 0.132. The SMILES string of the molecule is CC1C(=O)NCCN1C(=O)c1csc(-c2ccc(Cl)cc2)n1. The summed E-state index contributed by atoms with van der Waals surface area (Å²) in [5.74, 6) is -0.341. The lowest BCUT2D eigenvalue weighted by molar-refractivity contribution is -0.127. The summed E-state index contributed by atoms with van der Waals surface area (Å²) in [7, 11) is 0. The van der Waals surface area contributed by atoms with Crippen molar-refractivity contribution in [1.82, 2.24) is 15.2 Å². The Labute approximate surface area is 136 Å². The second kappa shape index (κ2) is 6.06. The zero-order valence-corrected chi connectivity index (χ0v) is 13.4. The van der Waals surface area contributed by atoms with E-state index in [1.54, 1.807) is 29.3 Å². The van der Waals surface area contributed by atoms with Crippen LogP contribution in [0.4, 0.5) is 0 Å². The van der Waals surface area contributed by atoms with Gasteiger partial charge >= 0.3 is 0 Å². The summed E-state index contributed by atoms with van der Waals surface area (Å²) in [6, 6.07) is 6.84. The number of nitrogens with one attached hydrogen (secondary N) is 1. The van der Waals surface area contributed by atoms with Crippen molar-refractivity contribution in [3.8, 4) is 10.6 Å². The molecule has 0 bridgehead atoms. The zero-order chi connectivity index (χ0) is 15.7. The molecule has 1 atom stereocenters. The van der Waals surface area contributed by atoms with Crippen LogP contribution in [0.1, 0.15) is 17.4 Å². The first kappa shape index (κ1) is 15.0. The van der Waals surface area contributed by atoms with Gasteiger partial charge in [-0.15, -0.1) is 11.3 Å². The number of piperazine rings is 1. The number of hydrogen-bond acceptors (Lipinski definition) is 4. The summed E-state index contributed by atoms with van der Waals surface area (Å²) in [6.45, 7) is 2.70. The number of aromatic nitrogens is 1. The van der Waals surface area contributed by atoms with E-state index in [2.05, 4.69) is 10.3 Å². The highest BCUT2D eigenvalue weighted by Crippen LogP contribution is 2.26. The van der Waals surface area contributed by atoms with E-state index in [4.69, 9.17) is 11.6 Å². The number of amides is 2. The van der Waals surface area contributed by atoms with E-state index in [-0.39, 0.29) is 11.8 Å². The summed E-state index contributed by atoms with van der Waals surface area (Å²) in [5, 5.41) is 5.88. The Kier molecular flexibility index (Phi) is 4.13. The lowest BCUT2D eigenvalue weighted by atomic mass is 10.2. The predicted octanol–water partition coefficient (Wildman–Crippen LogP) is 2.42. The topological polar surface area (TPSA) is 62.3 Å². The summed E-state index contributed by atoms with van der Waals surface area (Å²) in [5.41, 5.74) is 1.29. The molecule has 0 radical (unpaired) electrons. The van der Waals surface area contributed by atoms with Crippen LogP contribution in [0.15, 0.2) is 29.6 Å². The first-order valence-electron chi connectivity index (χ1n) is 6.86. The smallest absolute Gasteiger partial charge is 0.274 e. The second-order valence-corrected chi connectivity index (χ2v) is 6.30. The Hall–Kier alpha value is -1.92. The van der Waals surface area contributed by atoms with Gasteiger partial charge in [0.1, 0.15) is 16.7 Å². The van der Waals surface area contributed by atoms with Gasteiger partial charge in [-0.25, -0.2) is 4.98 Å². The summed E-state index contributed by atoms with van der Waals surface area (Å²) >= 11 is 7.27. The third-order valence-electron chi connectivity index (χ3n) is 3.57. The fourth-order valence-corrected chi connectivity index (χ4v) is 3.23. The zero-order valence-electron chi connectivity index (χ0n) is 11.9. The van der Waals surface area contributed by atoms with Crippen LogP contribution in [-0.4, -0.2) is 40.8 Å². The molecule has 1 aromatic carbocycles. The Morgan fingerprint density at radius 1 is 1.41 bits per heavy atom. The maximum absolute atomic E-state index is 12.5. The predicted molar refractivity (Wildman–Crippen MR) is 86.1 cm³/mol. The average molecular weight is 336 g/mol. The van der Waals surface area contributed by atoms with Crippen LogP contribution in [0.3, 0.4) is 0 Å². The van der Waals surface area contributed by atoms with Crippen LogP contribution >= 0.6 is 22.9 Å². The van der Waals surface area contributed by atoms with Crippen LogP contribution in [0, 0.1) is 0 Å². The maximum atomic E-state index is 12.5. The fraction of sp³-hybridized carbons (Fsp3) is 0.267. The number of carbonyl (C=O) groups excluding carboxylic acids is 2. The molecule has 22 heavy (non-hydrogen) atoms. The molecule has 2 heterocycles.